The van der Waals surface area contributed by atoms with Gasteiger partial charge in [-0.2, -0.15) is 5.26 Å². The number of halogens is 1. The Kier molecular flexibility index (Phi) is 4.09. The highest BCUT2D eigenvalue weighted by molar-refractivity contribution is 5.59. The summed E-state index contributed by atoms with van der Waals surface area (Å²) in [6.07, 6.45) is 3.47. The molecule has 0 saturated carbocycles. The fourth-order valence-electron chi connectivity index (χ4n) is 1.95. The van der Waals surface area contributed by atoms with Crippen molar-refractivity contribution in [3.8, 4) is 6.07 Å². The molecule has 0 N–H and O–H groups in total. The standard InChI is InChI=1S/C15H14FN3/c1-2-19(11-12-5-7-18-8-6-12)15-4-3-14(16)9-13(15)10-17/h3-9H,2,11H2,1H3. The van der Waals surface area contributed by atoms with Crippen molar-refractivity contribution in [1.82, 2.24) is 4.98 Å². The summed E-state index contributed by atoms with van der Waals surface area (Å²) in [7, 11) is 0. The van der Waals surface area contributed by atoms with Gasteiger partial charge < -0.3 is 4.90 Å². The number of rotatable bonds is 4. The number of nitriles is 1. The minimum Gasteiger partial charge on any atom is -0.366 e. The molecule has 1 aromatic heterocycles. The smallest absolute Gasteiger partial charge is 0.124 e. The Morgan fingerprint density at radius 3 is 2.63 bits per heavy atom. The maximum Gasteiger partial charge on any atom is 0.124 e. The number of benzene rings is 1. The lowest BCUT2D eigenvalue weighted by Crippen LogP contribution is -2.23. The number of nitrogens with zero attached hydrogens (tertiary/aromatic N) is 3. The van der Waals surface area contributed by atoms with Crippen LogP contribution in [0.2, 0.25) is 0 Å². The molecule has 1 heterocycles. The predicted molar refractivity (Wildman–Crippen MR) is 72.1 cm³/mol. The van der Waals surface area contributed by atoms with E-state index in [0.717, 1.165) is 17.8 Å². The fraction of sp³-hybridized carbons (Fsp3) is 0.200. The van der Waals surface area contributed by atoms with E-state index in [4.69, 9.17) is 5.26 Å². The fourth-order valence-corrected chi connectivity index (χ4v) is 1.95. The molecule has 0 aliphatic heterocycles. The van der Waals surface area contributed by atoms with Crippen molar-refractivity contribution in [3.05, 3.63) is 59.7 Å². The van der Waals surface area contributed by atoms with Gasteiger partial charge in [0.15, 0.2) is 0 Å². The van der Waals surface area contributed by atoms with Crippen molar-refractivity contribution in [1.29, 1.82) is 5.26 Å². The Labute approximate surface area is 111 Å². The number of hydrogen-bond acceptors (Lipinski definition) is 3. The largest absolute Gasteiger partial charge is 0.366 e. The molecule has 0 bridgehead atoms. The minimum absolute atomic E-state index is 0.357. The summed E-state index contributed by atoms with van der Waals surface area (Å²) in [5, 5.41) is 9.10. The second-order valence-electron chi connectivity index (χ2n) is 4.14. The van der Waals surface area contributed by atoms with E-state index in [0.29, 0.717) is 12.1 Å². The Morgan fingerprint density at radius 1 is 1.26 bits per heavy atom. The van der Waals surface area contributed by atoms with Crippen LogP contribution in [0.15, 0.2) is 42.7 Å². The SMILES string of the molecule is CCN(Cc1ccncc1)c1ccc(F)cc1C#N. The summed E-state index contributed by atoms with van der Waals surface area (Å²) >= 11 is 0. The van der Waals surface area contributed by atoms with Gasteiger partial charge in [-0.25, -0.2) is 4.39 Å². The molecule has 4 heteroatoms. The van der Waals surface area contributed by atoms with Crippen LogP contribution in [0.25, 0.3) is 0 Å². The van der Waals surface area contributed by atoms with Gasteiger partial charge in [-0.05, 0) is 42.8 Å². The molecule has 0 unspecified atom stereocenters. The van der Waals surface area contributed by atoms with E-state index in [2.05, 4.69) is 4.98 Å². The molecular formula is C15H14FN3. The average Bonchev–Trinajstić information content (AvgIpc) is 2.46. The van der Waals surface area contributed by atoms with Gasteiger partial charge in [0.05, 0.1) is 11.3 Å². The molecule has 0 saturated heterocycles. The summed E-state index contributed by atoms with van der Waals surface area (Å²) in [6, 6.07) is 10.2. The molecule has 1 aromatic carbocycles. The van der Waals surface area contributed by atoms with Gasteiger partial charge in [-0.1, -0.05) is 0 Å². The van der Waals surface area contributed by atoms with Crippen molar-refractivity contribution in [3.63, 3.8) is 0 Å². The molecule has 2 rings (SSSR count). The molecule has 0 aliphatic rings. The Hall–Kier alpha value is -2.41. The maximum atomic E-state index is 13.2. The Balaban J connectivity index is 2.30. The number of hydrogen-bond donors (Lipinski definition) is 0. The van der Waals surface area contributed by atoms with Crippen LogP contribution < -0.4 is 4.90 Å². The third-order valence-corrected chi connectivity index (χ3v) is 2.92. The van der Waals surface area contributed by atoms with E-state index in [9.17, 15) is 4.39 Å². The first-order valence-corrected chi connectivity index (χ1v) is 6.08. The lowest BCUT2D eigenvalue weighted by atomic mass is 10.1. The van der Waals surface area contributed by atoms with E-state index in [1.165, 1.54) is 12.1 Å². The van der Waals surface area contributed by atoms with Gasteiger partial charge in [-0.3, -0.25) is 4.98 Å². The van der Waals surface area contributed by atoms with Crippen LogP contribution >= 0.6 is 0 Å². The van der Waals surface area contributed by atoms with Crippen molar-refractivity contribution in [2.75, 3.05) is 11.4 Å². The molecular weight excluding hydrogens is 241 g/mol. The van der Waals surface area contributed by atoms with Crippen LogP contribution in [0.3, 0.4) is 0 Å². The van der Waals surface area contributed by atoms with Crippen molar-refractivity contribution >= 4 is 5.69 Å². The van der Waals surface area contributed by atoms with Crippen LogP contribution in [-0.2, 0) is 6.54 Å². The van der Waals surface area contributed by atoms with Gasteiger partial charge >= 0.3 is 0 Å². The Morgan fingerprint density at radius 2 is 2.00 bits per heavy atom. The summed E-state index contributed by atoms with van der Waals surface area (Å²) in [6.45, 7) is 3.41. The molecule has 0 fully saturated rings. The lowest BCUT2D eigenvalue weighted by Gasteiger charge is -2.24. The first-order chi connectivity index (χ1) is 9.24. The van der Waals surface area contributed by atoms with E-state index >= 15 is 0 Å². The monoisotopic (exact) mass is 255 g/mol. The second kappa shape index (κ2) is 5.96. The molecule has 0 radical (unpaired) electrons. The Bertz CT molecular complexity index is 590. The molecule has 3 nitrogen and oxygen atoms in total. The zero-order valence-corrected chi connectivity index (χ0v) is 10.7. The van der Waals surface area contributed by atoms with Gasteiger partial charge in [0.2, 0.25) is 0 Å². The summed E-state index contributed by atoms with van der Waals surface area (Å²) in [5.74, 6) is -0.389. The lowest BCUT2D eigenvalue weighted by molar-refractivity contribution is 0.627. The van der Waals surface area contributed by atoms with Crippen molar-refractivity contribution < 1.29 is 4.39 Å². The van der Waals surface area contributed by atoms with E-state index in [1.807, 2.05) is 30.0 Å². The number of anilines is 1. The van der Waals surface area contributed by atoms with Crippen LogP contribution in [0, 0.1) is 17.1 Å². The van der Waals surface area contributed by atoms with E-state index < -0.39 is 0 Å². The summed E-state index contributed by atoms with van der Waals surface area (Å²) in [5.41, 5.74) is 2.21. The van der Waals surface area contributed by atoms with E-state index in [1.54, 1.807) is 18.5 Å². The topological polar surface area (TPSA) is 39.9 Å². The average molecular weight is 255 g/mol. The molecule has 0 spiro atoms. The predicted octanol–water partition coefficient (Wildman–Crippen LogP) is 3.12. The third kappa shape index (κ3) is 3.08. The zero-order valence-electron chi connectivity index (χ0n) is 10.7. The molecule has 2 aromatic rings. The van der Waals surface area contributed by atoms with Crippen LogP contribution in [-0.4, -0.2) is 11.5 Å². The third-order valence-electron chi connectivity index (χ3n) is 2.92. The molecule has 0 atom stereocenters. The molecule has 0 amide bonds. The number of pyridine rings is 1. The summed E-state index contributed by atoms with van der Waals surface area (Å²) < 4.78 is 13.2. The molecule has 19 heavy (non-hydrogen) atoms. The maximum absolute atomic E-state index is 13.2. The van der Waals surface area contributed by atoms with Crippen molar-refractivity contribution in [2.45, 2.75) is 13.5 Å². The first-order valence-electron chi connectivity index (χ1n) is 6.08. The van der Waals surface area contributed by atoms with Crippen LogP contribution in [0.1, 0.15) is 18.1 Å². The van der Waals surface area contributed by atoms with Gasteiger partial charge in [0, 0.05) is 25.5 Å². The summed E-state index contributed by atoms with van der Waals surface area (Å²) in [4.78, 5) is 6.01. The highest BCUT2D eigenvalue weighted by atomic mass is 19.1. The second-order valence-corrected chi connectivity index (χ2v) is 4.14. The normalized spacial score (nSPS) is 9.95. The van der Waals surface area contributed by atoms with Crippen LogP contribution in [0.4, 0.5) is 10.1 Å². The van der Waals surface area contributed by atoms with E-state index in [-0.39, 0.29) is 5.82 Å². The van der Waals surface area contributed by atoms with Gasteiger partial charge in [0.25, 0.3) is 0 Å². The zero-order chi connectivity index (χ0) is 13.7. The quantitative estimate of drug-likeness (QED) is 0.842. The molecule has 96 valence electrons. The highest BCUT2D eigenvalue weighted by Gasteiger charge is 2.11. The van der Waals surface area contributed by atoms with Crippen LogP contribution in [0.5, 0.6) is 0 Å². The molecule has 0 aliphatic carbocycles. The van der Waals surface area contributed by atoms with Gasteiger partial charge in [-0.15, -0.1) is 0 Å². The first kappa shape index (κ1) is 13.0. The minimum atomic E-state index is -0.389. The number of aromatic nitrogens is 1. The van der Waals surface area contributed by atoms with Crippen molar-refractivity contribution in [2.24, 2.45) is 0 Å². The highest BCUT2D eigenvalue weighted by Crippen LogP contribution is 2.22. The van der Waals surface area contributed by atoms with Gasteiger partial charge in [0.1, 0.15) is 11.9 Å².